The van der Waals surface area contributed by atoms with Crippen molar-refractivity contribution >= 4 is 19.7 Å². The number of nitrogens with one attached hydrogen (secondary N) is 1. The van der Waals surface area contributed by atoms with Crippen LogP contribution < -0.4 is 10.1 Å². The van der Waals surface area contributed by atoms with Crippen molar-refractivity contribution in [2.75, 3.05) is 38.2 Å². The van der Waals surface area contributed by atoms with Gasteiger partial charge in [0.15, 0.2) is 19.7 Å². The summed E-state index contributed by atoms with van der Waals surface area (Å²) in [6.45, 7) is 12.3. The molecule has 1 fully saturated rings. The Balaban J connectivity index is 2.30. The lowest BCUT2D eigenvalue weighted by molar-refractivity contribution is 0.130. The molecule has 0 saturated carbocycles. The highest BCUT2D eigenvalue weighted by molar-refractivity contribution is 7.96. The molecule has 1 N–H and O–H groups in total. The molecule has 1 heterocycles. The van der Waals surface area contributed by atoms with Crippen LogP contribution in [0.3, 0.4) is 0 Å². The molecule has 29 heavy (non-hydrogen) atoms. The summed E-state index contributed by atoms with van der Waals surface area (Å²) in [5, 5.41) is 2.26. The number of benzene rings is 1. The summed E-state index contributed by atoms with van der Waals surface area (Å²) in [5.41, 5.74) is 0.475. The Kier molecular flexibility index (Phi) is 7.41. The summed E-state index contributed by atoms with van der Waals surface area (Å²) in [5.74, 6) is 0.0723. The lowest BCUT2D eigenvalue weighted by Gasteiger charge is -2.38. The maximum Gasteiger partial charge on any atom is 0.183 e. The highest BCUT2D eigenvalue weighted by Crippen LogP contribution is 2.29. The standard InChI is InChI=1S/C20H34N2O5S2/c1-7-22(8-2)20(4,5)14-21-17-12-28(23,24)13-19(17)29(25,26)16-9-10-18(27-6)15(3)11-16/h9-11,17,19,21H,7-8,12-14H2,1-6H3/t17-,19-/m0/s1. The molecule has 0 bridgehead atoms. The predicted octanol–water partition coefficient (Wildman–Crippen LogP) is 1.65. The first-order valence-corrected chi connectivity index (χ1v) is 13.3. The maximum atomic E-state index is 13.3. The average molecular weight is 447 g/mol. The van der Waals surface area contributed by atoms with Crippen LogP contribution in [-0.4, -0.2) is 76.8 Å². The van der Waals surface area contributed by atoms with Crippen LogP contribution in [0.2, 0.25) is 0 Å². The number of rotatable bonds is 9. The number of ether oxygens (including phenoxy) is 1. The minimum absolute atomic E-state index is 0.132. The number of aryl methyl sites for hydroxylation is 1. The fraction of sp³-hybridized carbons (Fsp3) is 0.700. The van der Waals surface area contributed by atoms with Gasteiger partial charge >= 0.3 is 0 Å². The number of hydrogen-bond donors (Lipinski definition) is 1. The van der Waals surface area contributed by atoms with E-state index < -0.39 is 31.0 Å². The maximum absolute atomic E-state index is 13.3. The molecular weight excluding hydrogens is 412 g/mol. The molecule has 0 amide bonds. The fourth-order valence-corrected chi connectivity index (χ4v) is 8.89. The molecule has 2 rings (SSSR count). The second-order valence-corrected chi connectivity index (χ2v) is 12.6. The van der Waals surface area contributed by atoms with Crippen LogP contribution in [0.1, 0.15) is 33.3 Å². The minimum Gasteiger partial charge on any atom is -0.496 e. The predicted molar refractivity (Wildman–Crippen MR) is 116 cm³/mol. The highest BCUT2D eigenvalue weighted by Gasteiger charge is 2.46. The van der Waals surface area contributed by atoms with Crippen molar-refractivity contribution < 1.29 is 21.6 Å². The largest absolute Gasteiger partial charge is 0.496 e. The summed E-state index contributed by atoms with van der Waals surface area (Å²) >= 11 is 0. The molecule has 166 valence electrons. The van der Waals surface area contributed by atoms with E-state index >= 15 is 0 Å². The van der Waals surface area contributed by atoms with E-state index in [1.165, 1.54) is 13.2 Å². The molecule has 0 radical (unpaired) electrons. The Morgan fingerprint density at radius 1 is 1.21 bits per heavy atom. The molecule has 1 saturated heterocycles. The third kappa shape index (κ3) is 5.31. The van der Waals surface area contributed by atoms with Gasteiger partial charge in [-0.1, -0.05) is 13.8 Å². The molecule has 0 aliphatic carbocycles. The molecule has 0 aromatic heterocycles. The fourth-order valence-electron chi connectivity index (χ4n) is 4.09. The van der Waals surface area contributed by atoms with Gasteiger partial charge in [0.1, 0.15) is 5.75 Å². The number of methoxy groups -OCH3 is 1. The van der Waals surface area contributed by atoms with Crippen LogP contribution in [0.25, 0.3) is 0 Å². The summed E-state index contributed by atoms with van der Waals surface area (Å²) < 4.78 is 56.5. The van der Waals surface area contributed by atoms with Crippen molar-refractivity contribution in [1.29, 1.82) is 0 Å². The second kappa shape index (κ2) is 8.91. The third-order valence-corrected chi connectivity index (χ3v) is 9.96. The van der Waals surface area contributed by atoms with E-state index in [-0.39, 0.29) is 21.9 Å². The third-order valence-electron chi connectivity index (χ3n) is 5.81. The van der Waals surface area contributed by atoms with Gasteiger partial charge in [0.05, 0.1) is 28.8 Å². The Bertz CT molecular complexity index is 922. The first-order valence-electron chi connectivity index (χ1n) is 9.95. The zero-order chi connectivity index (χ0) is 22.0. The summed E-state index contributed by atoms with van der Waals surface area (Å²) in [6, 6.07) is 4.01. The van der Waals surface area contributed by atoms with E-state index in [9.17, 15) is 16.8 Å². The smallest absolute Gasteiger partial charge is 0.183 e. The molecule has 1 aromatic carbocycles. The quantitative estimate of drug-likeness (QED) is 0.616. The molecular formula is C20H34N2O5S2. The lowest BCUT2D eigenvalue weighted by atomic mass is 10.0. The van der Waals surface area contributed by atoms with Gasteiger partial charge in [-0.15, -0.1) is 0 Å². The number of nitrogens with zero attached hydrogens (tertiary/aromatic N) is 1. The summed E-state index contributed by atoms with van der Waals surface area (Å²) in [4.78, 5) is 2.40. The van der Waals surface area contributed by atoms with Gasteiger partial charge in [0.25, 0.3) is 0 Å². The average Bonchev–Trinajstić information content (AvgIpc) is 2.96. The molecule has 0 unspecified atom stereocenters. The topological polar surface area (TPSA) is 92.8 Å². The van der Waals surface area contributed by atoms with Crippen molar-refractivity contribution in [2.24, 2.45) is 0 Å². The van der Waals surface area contributed by atoms with Crippen LogP contribution in [-0.2, 0) is 19.7 Å². The minimum atomic E-state index is -3.82. The molecule has 1 aliphatic heterocycles. The van der Waals surface area contributed by atoms with Gasteiger partial charge in [-0.05, 0) is 57.6 Å². The first kappa shape index (κ1) is 24.1. The monoisotopic (exact) mass is 446 g/mol. The zero-order valence-electron chi connectivity index (χ0n) is 18.2. The van der Waals surface area contributed by atoms with Crippen LogP contribution >= 0.6 is 0 Å². The van der Waals surface area contributed by atoms with E-state index in [0.717, 1.165) is 13.1 Å². The van der Waals surface area contributed by atoms with Gasteiger partial charge in [0, 0.05) is 18.1 Å². The van der Waals surface area contributed by atoms with E-state index in [0.29, 0.717) is 17.9 Å². The van der Waals surface area contributed by atoms with E-state index in [4.69, 9.17) is 4.74 Å². The van der Waals surface area contributed by atoms with E-state index in [1.807, 2.05) is 0 Å². The zero-order valence-corrected chi connectivity index (χ0v) is 19.9. The van der Waals surface area contributed by atoms with E-state index in [2.05, 4.69) is 37.9 Å². The van der Waals surface area contributed by atoms with Crippen LogP contribution in [0.15, 0.2) is 23.1 Å². The van der Waals surface area contributed by atoms with E-state index in [1.54, 1.807) is 19.1 Å². The van der Waals surface area contributed by atoms with Gasteiger partial charge in [-0.3, -0.25) is 4.90 Å². The molecule has 1 aliphatic rings. The first-order chi connectivity index (χ1) is 13.4. The Labute approximate surface area is 175 Å². The number of likely N-dealkylation sites (N-methyl/N-ethyl adjacent to an activating group) is 1. The molecule has 2 atom stereocenters. The Morgan fingerprint density at radius 2 is 1.83 bits per heavy atom. The van der Waals surface area contributed by atoms with Crippen LogP contribution in [0.5, 0.6) is 5.75 Å². The van der Waals surface area contributed by atoms with Crippen molar-refractivity contribution in [3.05, 3.63) is 23.8 Å². The number of hydrogen-bond acceptors (Lipinski definition) is 7. The Hall–Kier alpha value is -1.16. The van der Waals surface area contributed by atoms with Gasteiger partial charge < -0.3 is 10.1 Å². The molecule has 9 heteroatoms. The van der Waals surface area contributed by atoms with Crippen LogP contribution in [0, 0.1) is 6.92 Å². The van der Waals surface area contributed by atoms with Crippen molar-refractivity contribution in [3.8, 4) is 5.75 Å². The summed E-state index contributed by atoms with van der Waals surface area (Å²) in [7, 11) is -5.73. The SMILES string of the molecule is CCN(CC)C(C)(C)CN[C@H]1CS(=O)(=O)C[C@@H]1S(=O)(=O)c1ccc(OC)c(C)c1. The number of sulfone groups is 2. The molecule has 1 aromatic rings. The summed E-state index contributed by atoms with van der Waals surface area (Å²) in [6.07, 6.45) is 0. The Morgan fingerprint density at radius 3 is 2.34 bits per heavy atom. The van der Waals surface area contributed by atoms with Crippen LogP contribution in [0.4, 0.5) is 0 Å². The second-order valence-electron chi connectivity index (χ2n) is 8.26. The van der Waals surface area contributed by atoms with Crippen molar-refractivity contribution in [3.63, 3.8) is 0 Å². The van der Waals surface area contributed by atoms with Gasteiger partial charge in [0.2, 0.25) is 0 Å². The van der Waals surface area contributed by atoms with Crippen molar-refractivity contribution in [2.45, 2.75) is 56.3 Å². The van der Waals surface area contributed by atoms with Crippen molar-refractivity contribution in [1.82, 2.24) is 10.2 Å². The van der Waals surface area contributed by atoms with Gasteiger partial charge in [-0.2, -0.15) is 0 Å². The lowest BCUT2D eigenvalue weighted by Crippen LogP contribution is -2.54. The normalized spacial score (nSPS) is 22.2. The highest BCUT2D eigenvalue weighted by atomic mass is 32.2. The molecule has 0 spiro atoms. The molecule has 7 nitrogen and oxygen atoms in total. The van der Waals surface area contributed by atoms with Gasteiger partial charge in [-0.25, -0.2) is 16.8 Å².